The van der Waals surface area contributed by atoms with Gasteiger partial charge in [-0.25, -0.2) is 0 Å². The second kappa shape index (κ2) is 5.01. The Hall–Kier alpha value is -1.28. The number of aromatic nitrogens is 1. The van der Waals surface area contributed by atoms with Crippen LogP contribution in [0.2, 0.25) is 0 Å². The normalized spacial score (nSPS) is 20.1. The Bertz CT molecular complexity index is 589. The maximum Gasteiger partial charge on any atom is 0.0491 e. The second-order valence-electron chi connectivity index (χ2n) is 6.09. The number of aryl methyl sites for hydroxylation is 3. The first kappa shape index (κ1) is 12.7. The Morgan fingerprint density at radius 2 is 1.95 bits per heavy atom. The van der Waals surface area contributed by atoms with Crippen molar-refractivity contribution in [1.82, 2.24) is 10.3 Å². The number of H-pyrrole nitrogens is 1. The van der Waals surface area contributed by atoms with Gasteiger partial charge in [0.15, 0.2) is 0 Å². The fraction of sp³-hybridized carbons (Fsp3) is 0.529. The van der Waals surface area contributed by atoms with Gasteiger partial charge in [-0.3, -0.25) is 0 Å². The standard InChI is InChI=1S/C17H24N2/c1-11-6-7-12(2)17-16(11)15(13(3)19-17)9-14-5-4-8-18-10-14/h6-7,14,18-19H,4-5,8-10H2,1-3H3. The van der Waals surface area contributed by atoms with Gasteiger partial charge in [0.2, 0.25) is 0 Å². The van der Waals surface area contributed by atoms with Crippen LogP contribution in [0.25, 0.3) is 10.9 Å². The second-order valence-corrected chi connectivity index (χ2v) is 6.09. The van der Waals surface area contributed by atoms with Gasteiger partial charge in [-0.05, 0) is 75.7 Å². The summed E-state index contributed by atoms with van der Waals surface area (Å²) in [5, 5.41) is 5.01. The lowest BCUT2D eigenvalue weighted by Gasteiger charge is -2.23. The molecule has 1 aromatic carbocycles. The minimum absolute atomic E-state index is 0.798. The van der Waals surface area contributed by atoms with Crippen molar-refractivity contribution in [3.63, 3.8) is 0 Å². The number of benzene rings is 1. The molecule has 1 fully saturated rings. The summed E-state index contributed by atoms with van der Waals surface area (Å²) in [4.78, 5) is 3.61. The molecule has 0 bridgehead atoms. The summed E-state index contributed by atoms with van der Waals surface area (Å²) >= 11 is 0. The number of hydrogen-bond donors (Lipinski definition) is 2. The van der Waals surface area contributed by atoms with Crippen molar-refractivity contribution in [2.24, 2.45) is 5.92 Å². The molecule has 1 aliphatic rings. The van der Waals surface area contributed by atoms with Crippen LogP contribution in [0.15, 0.2) is 12.1 Å². The van der Waals surface area contributed by atoms with Crippen LogP contribution in [-0.4, -0.2) is 18.1 Å². The number of hydrogen-bond acceptors (Lipinski definition) is 1. The molecule has 0 spiro atoms. The molecule has 2 nitrogen and oxygen atoms in total. The van der Waals surface area contributed by atoms with E-state index >= 15 is 0 Å². The number of rotatable bonds is 2. The zero-order valence-corrected chi connectivity index (χ0v) is 12.3. The van der Waals surface area contributed by atoms with Crippen LogP contribution in [0.3, 0.4) is 0 Å². The van der Waals surface area contributed by atoms with Crippen molar-refractivity contribution in [3.05, 3.63) is 34.5 Å². The molecule has 1 atom stereocenters. The zero-order valence-electron chi connectivity index (χ0n) is 12.3. The average Bonchev–Trinajstić information content (AvgIpc) is 2.74. The molecule has 0 aliphatic carbocycles. The van der Waals surface area contributed by atoms with Crippen molar-refractivity contribution >= 4 is 10.9 Å². The van der Waals surface area contributed by atoms with Crippen LogP contribution in [0.4, 0.5) is 0 Å². The summed E-state index contributed by atoms with van der Waals surface area (Å²) in [5.74, 6) is 0.798. The molecule has 1 aliphatic heterocycles. The maximum atomic E-state index is 3.61. The molecule has 1 unspecified atom stereocenters. The highest BCUT2D eigenvalue weighted by atomic mass is 14.9. The van der Waals surface area contributed by atoms with Gasteiger partial charge in [0.25, 0.3) is 0 Å². The summed E-state index contributed by atoms with van der Waals surface area (Å²) in [6.45, 7) is 9.03. The molecule has 2 heterocycles. The third kappa shape index (κ3) is 2.30. The van der Waals surface area contributed by atoms with Gasteiger partial charge in [-0.15, -0.1) is 0 Å². The first-order valence-electron chi connectivity index (χ1n) is 7.45. The van der Waals surface area contributed by atoms with Gasteiger partial charge < -0.3 is 10.3 Å². The molecular formula is C17H24N2. The number of nitrogens with one attached hydrogen (secondary N) is 2. The maximum absolute atomic E-state index is 3.61. The molecule has 0 amide bonds. The van der Waals surface area contributed by atoms with Crippen LogP contribution < -0.4 is 5.32 Å². The van der Waals surface area contributed by atoms with Crippen molar-refractivity contribution in [3.8, 4) is 0 Å². The largest absolute Gasteiger partial charge is 0.358 e. The summed E-state index contributed by atoms with van der Waals surface area (Å²) < 4.78 is 0. The van der Waals surface area contributed by atoms with E-state index in [4.69, 9.17) is 0 Å². The Kier molecular flexibility index (Phi) is 3.36. The number of piperidine rings is 1. The monoisotopic (exact) mass is 256 g/mol. The lowest BCUT2D eigenvalue weighted by atomic mass is 9.90. The van der Waals surface area contributed by atoms with E-state index in [0.717, 1.165) is 5.92 Å². The Labute approximate surface area is 115 Å². The predicted octanol–water partition coefficient (Wildman–Crippen LogP) is 3.64. The lowest BCUT2D eigenvalue weighted by molar-refractivity contribution is 0.376. The average molecular weight is 256 g/mol. The van der Waals surface area contributed by atoms with Gasteiger partial charge in [-0.1, -0.05) is 12.1 Å². The van der Waals surface area contributed by atoms with E-state index < -0.39 is 0 Å². The number of fused-ring (bicyclic) bond motifs is 1. The third-order valence-electron chi connectivity index (χ3n) is 4.58. The van der Waals surface area contributed by atoms with Gasteiger partial charge >= 0.3 is 0 Å². The molecule has 2 heteroatoms. The van der Waals surface area contributed by atoms with Gasteiger partial charge in [0.1, 0.15) is 0 Å². The van der Waals surface area contributed by atoms with E-state index in [1.54, 1.807) is 5.56 Å². The predicted molar refractivity (Wildman–Crippen MR) is 81.8 cm³/mol. The highest BCUT2D eigenvalue weighted by Crippen LogP contribution is 2.30. The minimum atomic E-state index is 0.798. The van der Waals surface area contributed by atoms with Gasteiger partial charge in [-0.2, -0.15) is 0 Å². The van der Waals surface area contributed by atoms with Crippen LogP contribution >= 0.6 is 0 Å². The van der Waals surface area contributed by atoms with E-state index in [0.29, 0.717) is 0 Å². The van der Waals surface area contributed by atoms with Crippen molar-refractivity contribution in [1.29, 1.82) is 0 Å². The lowest BCUT2D eigenvalue weighted by Crippen LogP contribution is -2.30. The zero-order chi connectivity index (χ0) is 13.4. The topological polar surface area (TPSA) is 27.8 Å². The van der Waals surface area contributed by atoms with Crippen molar-refractivity contribution < 1.29 is 0 Å². The van der Waals surface area contributed by atoms with Gasteiger partial charge in [0.05, 0.1) is 0 Å². The van der Waals surface area contributed by atoms with Crippen LogP contribution in [0.1, 0.15) is 35.2 Å². The van der Waals surface area contributed by atoms with Crippen LogP contribution in [-0.2, 0) is 6.42 Å². The minimum Gasteiger partial charge on any atom is -0.358 e. The van der Waals surface area contributed by atoms with Crippen molar-refractivity contribution in [2.75, 3.05) is 13.1 Å². The Morgan fingerprint density at radius 3 is 2.68 bits per heavy atom. The Balaban J connectivity index is 2.02. The fourth-order valence-electron chi connectivity index (χ4n) is 3.45. The molecule has 2 N–H and O–H groups in total. The summed E-state index contributed by atoms with van der Waals surface area (Å²) in [5.41, 5.74) is 7.01. The quantitative estimate of drug-likeness (QED) is 0.843. The third-order valence-corrected chi connectivity index (χ3v) is 4.58. The molecular weight excluding hydrogens is 232 g/mol. The molecule has 1 aromatic heterocycles. The molecule has 0 saturated carbocycles. The van der Waals surface area contributed by atoms with E-state index in [9.17, 15) is 0 Å². The Morgan fingerprint density at radius 1 is 1.16 bits per heavy atom. The summed E-state index contributed by atoms with van der Waals surface area (Å²) in [6, 6.07) is 4.48. The van der Waals surface area contributed by atoms with E-state index in [1.165, 1.54) is 60.1 Å². The molecule has 2 aromatic rings. The molecule has 0 radical (unpaired) electrons. The first-order chi connectivity index (χ1) is 9.16. The first-order valence-corrected chi connectivity index (χ1v) is 7.45. The van der Waals surface area contributed by atoms with Gasteiger partial charge in [0, 0.05) is 16.6 Å². The highest BCUT2D eigenvalue weighted by molar-refractivity contribution is 5.90. The van der Waals surface area contributed by atoms with Crippen LogP contribution in [0, 0.1) is 26.7 Å². The highest BCUT2D eigenvalue weighted by Gasteiger charge is 2.18. The smallest absolute Gasteiger partial charge is 0.0491 e. The van der Waals surface area contributed by atoms with Crippen LogP contribution in [0.5, 0.6) is 0 Å². The summed E-state index contributed by atoms with van der Waals surface area (Å²) in [6.07, 6.45) is 3.90. The molecule has 1 saturated heterocycles. The van der Waals surface area contributed by atoms with Crippen molar-refractivity contribution in [2.45, 2.75) is 40.0 Å². The van der Waals surface area contributed by atoms with E-state index in [-0.39, 0.29) is 0 Å². The molecule has 102 valence electrons. The number of aromatic amines is 1. The van der Waals surface area contributed by atoms with E-state index in [1.807, 2.05) is 0 Å². The summed E-state index contributed by atoms with van der Waals surface area (Å²) in [7, 11) is 0. The molecule has 3 rings (SSSR count). The molecule has 19 heavy (non-hydrogen) atoms. The SMILES string of the molecule is Cc1[nH]c2c(C)ccc(C)c2c1CC1CCCNC1. The fourth-order valence-corrected chi connectivity index (χ4v) is 3.45. The van der Waals surface area contributed by atoms with E-state index in [2.05, 4.69) is 43.2 Å².